The van der Waals surface area contributed by atoms with Crippen LogP contribution in [0, 0.1) is 40.9 Å². The Morgan fingerprint density at radius 3 is 2.31 bits per heavy atom. The molecular formula is C35H24N4OS2. The van der Waals surface area contributed by atoms with Gasteiger partial charge in [-0.3, -0.25) is 4.40 Å². The lowest BCUT2D eigenvalue weighted by Gasteiger charge is -2.22. The van der Waals surface area contributed by atoms with Crippen LogP contribution in [0.25, 0.3) is 63.2 Å². The molecule has 5 heterocycles. The third kappa shape index (κ3) is 3.14. The van der Waals surface area contributed by atoms with Gasteiger partial charge in [0.25, 0.3) is 0 Å². The summed E-state index contributed by atoms with van der Waals surface area (Å²) in [7, 11) is 0. The maximum absolute atomic E-state index is 10.2. The number of pyridine rings is 1. The summed E-state index contributed by atoms with van der Waals surface area (Å²) in [6, 6.07) is 25.6. The molecule has 5 nitrogen and oxygen atoms in total. The van der Waals surface area contributed by atoms with Crippen LogP contribution in [-0.4, -0.2) is 10.0 Å². The number of benzene rings is 3. The average molecular weight is 581 g/mol. The lowest BCUT2D eigenvalue weighted by Crippen LogP contribution is -2.20. The fraction of sp³-hybridized carbons (Fsp3) is 0.171. The number of allylic oxidation sites excluding steroid dienone is 2. The van der Waals surface area contributed by atoms with Crippen molar-refractivity contribution >= 4 is 85.8 Å². The molecule has 0 spiro atoms. The summed E-state index contributed by atoms with van der Waals surface area (Å²) in [5.74, 6) is 0.0746. The minimum absolute atomic E-state index is 0.0746. The highest BCUT2D eigenvalue weighted by atomic mass is 32.1. The number of hydrogen-bond acceptors (Lipinski definition) is 6. The average Bonchev–Trinajstić information content (AvgIpc) is 3.71. The molecule has 7 heteroatoms. The largest absolute Gasteiger partial charge is 0.479 e. The van der Waals surface area contributed by atoms with E-state index in [0.717, 1.165) is 16.0 Å². The number of nitriles is 3. The van der Waals surface area contributed by atoms with Gasteiger partial charge in [0.2, 0.25) is 0 Å². The summed E-state index contributed by atoms with van der Waals surface area (Å²) in [5, 5.41) is 36.7. The molecule has 8 rings (SSSR count). The molecule has 0 saturated heterocycles. The number of thiophene rings is 2. The second kappa shape index (κ2) is 9.07. The Hall–Kier alpha value is -4.87. The molecule has 0 saturated carbocycles. The van der Waals surface area contributed by atoms with Gasteiger partial charge in [-0.25, -0.2) is 0 Å². The fourth-order valence-corrected chi connectivity index (χ4v) is 9.56. The van der Waals surface area contributed by atoms with E-state index >= 15 is 0 Å². The molecule has 202 valence electrons. The molecule has 0 amide bonds. The Balaban J connectivity index is 0.00000141. The van der Waals surface area contributed by atoms with E-state index < -0.39 is 5.60 Å². The van der Waals surface area contributed by atoms with Crippen LogP contribution in [0.4, 0.5) is 0 Å². The number of ether oxygens (including phenoxy) is 1. The van der Waals surface area contributed by atoms with Crippen molar-refractivity contribution in [2.75, 3.05) is 0 Å². The summed E-state index contributed by atoms with van der Waals surface area (Å²) in [5.41, 5.74) is 3.48. The zero-order chi connectivity index (χ0) is 29.5. The molecule has 0 fully saturated rings. The summed E-state index contributed by atoms with van der Waals surface area (Å²) >= 11 is 3.45. The molecule has 1 aliphatic rings. The van der Waals surface area contributed by atoms with Crippen molar-refractivity contribution in [2.24, 2.45) is 0 Å². The first-order chi connectivity index (χ1) is 20.4. The van der Waals surface area contributed by atoms with Crippen LogP contribution >= 0.6 is 22.7 Å². The summed E-state index contributed by atoms with van der Waals surface area (Å²) in [6.45, 7) is 9.88. The molecule has 1 aliphatic heterocycles. The second-order valence-corrected chi connectivity index (χ2v) is 12.6. The van der Waals surface area contributed by atoms with Crippen molar-refractivity contribution in [3.05, 3.63) is 81.9 Å². The molecule has 0 N–H and O–H groups in total. The van der Waals surface area contributed by atoms with Crippen molar-refractivity contribution in [2.45, 2.75) is 40.2 Å². The lowest BCUT2D eigenvalue weighted by atomic mass is 9.92. The fourth-order valence-electron chi connectivity index (χ4n) is 6.48. The highest BCUT2D eigenvalue weighted by Crippen LogP contribution is 2.54. The molecule has 4 aromatic heterocycles. The number of hydrogen-bond donors (Lipinski definition) is 0. The van der Waals surface area contributed by atoms with Crippen molar-refractivity contribution in [3.8, 4) is 18.2 Å². The maximum Gasteiger partial charge on any atom is 0.172 e. The minimum Gasteiger partial charge on any atom is -0.479 e. The first-order valence-corrected chi connectivity index (χ1v) is 15.4. The standard InChI is InChI=1S/C33H18N4OS2.C2H6/c1-16-29(26-22(15-36)28(18(13-34)14-35)38-33(26,2)3)39-31-25-21-9-6-7-17-11-12-20-19-8-4-5-10-23(19)37(27(20)24(17)21)32(25)40-30(16)31;1-2/h4-12H,1-3H3;1-2H3. The maximum atomic E-state index is 10.2. The number of rotatable bonds is 1. The molecule has 0 atom stereocenters. The number of aromatic nitrogens is 1. The number of nitrogens with zero attached hydrogens (tertiary/aromatic N) is 4. The molecule has 3 aromatic carbocycles. The molecule has 0 radical (unpaired) electrons. The van der Waals surface area contributed by atoms with Gasteiger partial charge in [0, 0.05) is 32.0 Å². The van der Waals surface area contributed by atoms with Crippen molar-refractivity contribution in [3.63, 3.8) is 0 Å². The van der Waals surface area contributed by atoms with Crippen LogP contribution in [-0.2, 0) is 4.74 Å². The third-order valence-corrected chi connectivity index (χ3v) is 10.9. The van der Waals surface area contributed by atoms with Gasteiger partial charge in [-0.15, -0.1) is 22.7 Å². The molecule has 42 heavy (non-hydrogen) atoms. The SMILES string of the molecule is CC.Cc1c(C2=C(C#N)C(=C(C#N)C#N)OC2(C)C)sc2c1sc1c2c2cccc3ccc4c5ccccc5n1c4c32. The predicted octanol–water partition coefficient (Wildman–Crippen LogP) is 9.99. The first kappa shape index (κ1) is 26.1. The van der Waals surface area contributed by atoms with Gasteiger partial charge in [0.1, 0.15) is 34.2 Å². The zero-order valence-electron chi connectivity index (χ0n) is 23.7. The van der Waals surface area contributed by atoms with E-state index in [4.69, 9.17) is 4.74 Å². The van der Waals surface area contributed by atoms with E-state index in [1.165, 1.54) is 57.6 Å². The van der Waals surface area contributed by atoms with Crippen molar-refractivity contribution < 1.29 is 4.74 Å². The van der Waals surface area contributed by atoms with Gasteiger partial charge in [0.15, 0.2) is 11.3 Å². The van der Waals surface area contributed by atoms with Crippen molar-refractivity contribution in [1.82, 2.24) is 4.40 Å². The minimum atomic E-state index is -0.869. The Morgan fingerprint density at radius 1 is 0.833 bits per heavy atom. The van der Waals surface area contributed by atoms with E-state index in [0.29, 0.717) is 0 Å². The van der Waals surface area contributed by atoms with Gasteiger partial charge >= 0.3 is 0 Å². The van der Waals surface area contributed by atoms with E-state index in [-0.39, 0.29) is 16.9 Å². The van der Waals surface area contributed by atoms with E-state index in [1.807, 2.05) is 39.8 Å². The van der Waals surface area contributed by atoms with Crippen LogP contribution in [0.15, 0.2) is 71.5 Å². The number of aryl methyl sites for hydroxylation is 1. The van der Waals surface area contributed by atoms with Gasteiger partial charge < -0.3 is 4.74 Å². The zero-order valence-corrected chi connectivity index (χ0v) is 25.3. The van der Waals surface area contributed by atoms with Crippen LogP contribution in [0.1, 0.15) is 38.1 Å². The second-order valence-electron chi connectivity index (χ2n) is 10.6. The van der Waals surface area contributed by atoms with E-state index in [1.54, 1.807) is 22.7 Å². The Kier molecular flexibility index (Phi) is 5.62. The molecular weight excluding hydrogens is 557 g/mol. The van der Waals surface area contributed by atoms with E-state index in [2.05, 4.69) is 72.0 Å². The van der Waals surface area contributed by atoms with Crippen LogP contribution in [0.3, 0.4) is 0 Å². The Bertz CT molecular complexity index is 2460. The molecule has 0 bridgehead atoms. The summed E-state index contributed by atoms with van der Waals surface area (Å²) in [4.78, 5) is 2.17. The van der Waals surface area contributed by atoms with Gasteiger partial charge in [-0.05, 0) is 43.2 Å². The van der Waals surface area contributed by atoms with Gasteiger partial charge in [0.05, 0.1) is 20.4 Å². The Labute approximate surface area is 250 Å². The van der Waals surface area contributed by atoms with Gasteiger partial charge in [-0.2, -0.15) is 15.8 Å². The summed E-state index contributed by atoms with van der Waals surface area (Å²) < 4.78 is 10.9. The number of fused-ring (bicyclic) bond motifs is 8. The predicted molar refractivity (Wildman–Crippen MR) is 174 cm³/mol. The molecule has 0 aliphatic carbocycles. The number of para-hydroxylation sites is 1. The van der Waals surface area contributed by atoms with Crippen LogP contribution in [0.2, 0.25) is 0 Å². The highest BCUT2D eigenvalue weighted by Gasteiger charge is 2.42. The first-order valence-electron chi connectivity index (χ1n) is 13.8. The lowest BCUT2D eigenvalue weighted by molar-refractivity contribution is 0.109. The van der Waals surface area contributed by atoms with Crippen LogP contribution < -0.4 is 0 Å². The third-order valence-electron chi connectivity index (χ3n) is 8.11. The van der Waals surface area contributed by atoms with Crippen molar-refractivity contribution in [1.29, 1.82) is 15.8 Å². The van der Waals surface area contributed by atoms with E-state index in [9.17, 15) is 15.8 Å². The highest BCUT2D eigenvalue weighted by molar-refractivity contribution is 7.33. The molecule has 0 unspecified atom stereocenters. The smallest absolute Gasteiger partial charge is 0.172 e. The topological polar surface area (TPSA) is 85.0 Å². The normalized spacial score (nSPS) is 14.5. The van der Waals surface area contributed by atoms with Gasteiger partial charge in [-0.1, -0.05) is 62.4 Å². The quantitative estimate of drug-likeness (QED) is 0.181. The summed E-state index contributed by atoms with van der Waals surface area (Å²) in [6.07, 6.45) is 0. The van der Waals surface area contributed by atoms with Crippen LogP contribution in [0.5, 0.6) is 0 Å². The Morgan fingerprint density at radius 2 is 1.57 bits per heavy atom. The monoisotopic (exact) mass is 580 g/mol. The molecule has 7 aromatic rings.